The van der Waals surface area contributed by atoms with Gasteiger partial charge in [0.1, 0.15) is 0 Å². The average Bonchev–Trinajstić information content (AvgIpc) is 2.60. The molecule has 0 aromatic heterocycles. The Morgan fingerprint density at radius 2 is 0.769 bits per heavy atom. The minimum atomic E-state index is 0.397. The van der Waals surface area contributed by atoms with Crippen LogP contribution < -0.4 is 0 Å². The number of hydrogen-bond acceptors (Lipinski definition) is 6. The van der Waals surface area contributed by atoms with Crippen molar-refractivity contribution in [2.45, 2.75) is 27.7 Å². The van der Waals surface area contributed by atoms with Crippen molar-refractivity contribution in [1.82, 2.24) is 9.80 Å². The van der Waals surface area contributed by atoms with E-state index in [1.807, 2.05) is 0 Å². The van der Waals surface area contributed by atoms with Gasteiger partial charge in [-0.05, 0) is 11.8 Å². The van der Waals surface area contributed by atoms with E-state index >= 15 is 0 Å². The number of methoxy groups -OCH3 is 4. The van der Waals surface area contributed by atoms with Gasteiger partial charge in [-0.1, -0.05) is 27.7 Å². The Bertz CT molecular complexity index is 323. The number of ether oxygens (including phenoxy) is 4. The van der Waals surface area contributed by atoms with Gasteiger partial charge in [0.05, 0.1) is 26.4 Å². The summed E-state index contributed by atoms with van der Waals surface area (Å²) in [6.45, 7) is 15.2. The molecule has 0 aliphatic heterocycles. The molecule has 0 saturated heterocycles. The molecule has 0 atom stereocenters. The number of allylic oxidation sites excluding steroid dienone is 2. The highest BCUT2D eigenvalue weighted by Crippen LogP contribution is 2.27. The van der Waals surface area contributed by atoms with Crippen molar-refractivity contribution in [1.29, 1.82) is 0 Å². The molecule has 0 spiro atoms. The van der Waals surface area contributed by atoms with E-state index in [4.69, 9.17) is 18.9 Å². The highest BCUT2D eigenvalue weighted by atomic mass is 16.5. The predicted molar refractivity (Wildman–Crippen MR) is 107 cm³/mol. The highest BCUT2D eigenvalue weighted by molar-refractivity contribution is 5.17. The Morgan fingerprint density at radius 1 is 0.538 bits per heavy atom. The van der Waals surface area contributed by atoms with E-state index in [0.29, 0.717) is 38.3 Å². The molecule has 0 aromatic rings. The molecule has 0 aromatic carbocycles. The first-order valence-corrected chi connectivity index (χ1v) is 9.64. The molecule has 0 bridgehead atoms. The molecular formula is C20H42N2O4. The largest absolute Gasteiger partial charge is 0.383 e. The molecular weight excluding hydrogens is 332 g/mol. The quantitative estimate of drug-likeness (QED) is 0.414. The fourth-order valence-corrected chi connectivity index (χ4v) is 3.16. The van der Waals surface area contributed by atoms with Crippen molar-refractivity contribution in [2.24, 2.45) is 11.8 Å². The van der Waals surface area contributed by atoms with Gasteiger partial charge in [0.15, 0.2) is 0 Å². The monoisotopic (exact) mass is 374 g/mol. The molecule has 6 heteroatoms. The highest BCUT2D eigenvalue weighted by Gasteiger charge is 2.24. The van der Waals surface area contributed by atoms with Crippen LogP contribution in [0.2, 0.25) is 0 Å². The van der Waals surface area contributed by atoms with Crippen LogP contribution in [-0.4, -0.2) is 90.8 Å². The summed E-state index contributed by atoms with van der Waals surface area (Å²) < 4.78 is 21.4. The van der Waals surface area contributed by atoms with Crippen LogP contribution in [0.15, 0.2) is 11.4 Å². The van der Waals surface area contributed by atoms with Gasteiger partial charge in [0.2, 0.25) is 0 Å². The second-order valence-electron chi connectivity index (χ2n) is 7.03. The van der Waals surface area contributed by atoms with Crippen molar-refractivity contribution in [3.63, 3.8) is 0 Å². The lowest BCUT2D eigenvalue weighted by atomic mass is 9.98. The first-order chi connectivity index (χ1) is 12.4. The summed E-state index contributed by atoms with van der Waals surface area (Å²) in [4.78, 5) is 4.83. The molecule has 0 fully saturated rings. The minimum Gasteiger partial charge on any atom is -0.383 e. The number of hydrogen-bond donors (Lipinski definition) is 0. The normalized spacial score (nSPS) is 12.7. The van der Waals surface area contributed by atoms with Gasteiger partial charge in [-0.25, -0.2) is 0 Å². The van der Waals surface area contributed by atoms with Gasteiger partial charge in [-0.2, -0.15) is 0 Å². The molecule has 0 aliphatic rings. The molecule has 0 N–H and O–H groups in total. The molecule has 0 radical (unpaired) electrons. The van der Waals surface area contributed by atoms with Gasteiger partial charge < -0.3 is 28.7 Å². The standard InChI is InChI=1S/C20H42N2O4/c1-17(2)19(21(9-13-23-5)10-14-24-6)20(18(3)4)22(11-15-25-7)12-16-26-8/h17-18H,9-16H2,1-8H3/b20-19-. The fourth-order valence-electron chi connectivity index (χ4n) is 3.16. The minimum absolute atomic E-state index is 0.397. The smallest absolute Gasteiger partial charge is 0.0637 e. The third kappa shape index (κ3) is 9.21. The molecule has 0 rings (SSSR count). The molecule has 0 unspecified atom stereocenters. The fraction of sp³-hybridized carbons (Fsp3) is 0.900. The van der Waals surface area contributed by atoms with E-state index < -0.39 is 0 Å². The Kier molecular flexibility index (Phi) is 14.8. The van der Waals surface area contributed by atoms with E-state index in [0.717, 1.165) is 26.2 Å². The van der Waals surface area contributed by atoms with Gasteiger partial charge in [0.25, 0.3) is 0 Å². The summed E-state index contributed by atoms with van der Waals surface area (Å²) in [7, 11) is 7.00. The summed E-state index contributed by atoms with van der Waals surface area (Å²) in [5.74, 6) is 0.794. The molecule has 0 aliphatic carbocycles. The van der Waals surface area contributed by atoms with E-state index in [1.165, 1.54) is 11.4 Å². The number of rotatable bonds is 16. The van der Waals surface area contributed by atoms with Crippen LogP contribution in [0.5, 0.6) is 0 Å². The molecule has 0 heterocycles. The Labute approximate surface area is 161 Å². The van der Waals surface area contributed by atoms with Crippen molar-refractivity contribution in [3.05, 3.63) is 11.4 Å². The average molecular weight is 375 g/mol. The molecule has 26 heavy (non-hydrogen) atoms. The van der Waals surface area contributed by atoms with Gasteiger partial charge in [-0.15, -0.1) is 0 Å². The second-order valence-corrected chi connectivity index (χ2v) is 7.03. The van der Waals surface area contributed by atoms with E-state index in [1.54, 1.807) is 28.4 Å². The Hall–Kier alpha value is -0.820. The molecule has 0 saturated carbocycles. The topological polar surface area (TPSA) is 43.4 Å². The second kappa shape index (κ2) is 15.3. The molecule has 6 nitrogen and oxygen atoms in total. The van der Waals surface area contributed by atoms with Crippen molar-refractivity contribution in [2.75, 3.05) is 81.0 Å². The predicted octanol–water partition coefficient (Wildman–Crippen LogP) is 2.70. The maximum Gasteiger partial charge on any atom is 0.0637 e. The van der Waals surface area contributed by atoms with Crippen LogP contribution in [0, 0.1) is 11.8 Å². The maximum absolute atomic E-state index is 5.35. The van der Waals surface area contributed by atoms with Crippen LogP contribution in [-0.2, 0) is 18.9 Å². The van der Waals surface area contributed by atoms with Crippen molar-refractivity contribution in [3.8, 4) is 0 Å². The van der Waals surface area contributed by atoms with Crippen LogP contribution >= 0.6 is 0 Å². The lowest BCUT2D eigenvalue weighted by Crippen LogP contribution is -2.39. The summed E-state index contributed by atoms with van der Waals surface area (Å²) >= 11 is 0. The van der Waals surface area contributed by atoms with E-state index in [9.17, 15) is 0 Å². The molecule has 0 amide bonds. The zero-order valence-corrected chi connectivity index (χ0v) is 18.3. The summed E-state index contributed by atoms with van der Waals surface area (Å²) in [6, 6.07) is 0. The van der Waals surface area contributed by atoms with Crippen LogP contribution in [0.3, 0.4) is 0 Å². The Morgan fingerprint density at radius 3 is 0.923 bits per heavy atom. The van der Waals surface area contributed by atoms with Crippen LogP contribution in [0.25, 0.3) is 0 Å². The van der Waals surface area contributed by atoms with Crippen molar-refractivity contribution >= 4 is 0 Å². The van der Waals surface area contributed by atoms with Gasteiger partial charge in [0, 0.05) is 66.0 Å². The maximum atomic E-state index is 5.35. The van der Waals surface area contributed by atoms with Gasteiger partial charge in [-0.3, -0.25) is 0 Å². The lowest BCUT2D eigenvalue weighted by molar-refractivity contribution is 0.109. The zero-order valence-electron chi connectivity index (χ0n) is 18.3. The van der Waals surface area contributed by atoms with Crippen molar-refractivity contribution < 1.29 is 18.9 Å². The third-order valence-corrected chi connectivity index (χ3v) is 4.30. The SMILES string of the molecule is COCCN(CCOC)/C(=C(/C(C)C)N(CCOC)CCOC)C(C)C. The Balaban J connectivity index is 5.93. The van der Waals surface area contributed by atoms with Crippen LogP contribution in [0.1, 0.15) is 27.7 Å². The third-order valence-electron chi connectivity index (χ3n) is 4.30. The zero-order chi connectivity index (χ0) is 19.9. The summed E-state index contributed by atoms with van der Waals surface area (Å²) in [5.41, 5.74) is 2.72. The van der Waals surface area contributed by atoms with E-state index in [-0.39, 0.29) is 0 Å². The molecule has 156 valence electrons. The summed E-state index contributed by atoms with van der Waals surface area (Å²) in [5, 5.41) is 0. The first kappa shape index (κ1) is 25.2. The van der Waals surface area contributed by atoms with E-state index in [2.05, 4.69) is 37.5 Å². The first-order valence-electron chi connectivity index (χ1n) is 9.64. The number of nitrogens with zero attached hydrogens (tertiary/aromatic N) is 2. The van der Waals surface area contributed by atoms with Crippen LogP contribution in [0.4, 0.5) is 0 Å². The van der Waals surface area contributed by atoms with Gasteiger partial charge >= 0.3 is 0 Å². The summed E-state index contributed by atoms with van der Waals surface area (Å²) in [6.07, 6.45) is 0. The lowest BCUT2D eigenvalue weighted by Gasteiger charge is -2.38.